The molecule has 2 N–H and O–H groups in total. The number of aromatic nitrogens is 2. The number of hydrogen-bond acceptors (Lipinski definition) is 3. The van der Waals surface area contributed by atoms with Crippen molar-refractivity contribution in [2.24, 2.45) is 7.05 Å². The summed E-state index contributed by atoms with van der Waals surface area (Å²) in [4.78, 5) is 17.4. The first-order valence-electron chi connectivity index (χ1n) is 9.22. The van der Waals surface area contributed by atoms with E-state index < -0.39 is 0 Å². The third-order valence-electron chi connectivity index (χ3n) is 5.22. The monoisotopic (exact) mass is 348 g/mol. The third kappa shape index (κ3) is 3.22. The quantitative estimate of drug-likeness (QED) is 0.745. The molecule has 5 heteroatoms. The highest BCUT2D eigenvalue weighted by Crippen LogP contribution is 2.25. The second-order valence-electron chi connectivity index (χ2n) is 6.86. The summed E-state index contributed by atoms with van der Waals surface area (Å²) in [7, 11) is 2.02. The summed E-state index contributed by atoms with van der Waals surface area (Å²) in [6.45, 7) is 2.55. The van der Waals surface area contributed by atoms with Gasteiger partial charge in [0.1, 0.15) is 5.82 Å². The lowest BCUT2D eigenvalue weighted by molar-refractivity contribution is 0.0952. The van der Waals surface area contributed by atoms with Crippen molar-refractivity contribution >= 4 is 16.9 Å². The van der Waals surface area contributed by atoms with E-state index in [0.29, 0.717) is 18.9 Å². The zero-order valence-electron chi connectivity index (χ0n) is 15.0. The molecule has 1 aliphatic heterocycles. The predicted octanol–water partition coefficient (Wildman–Crippen LogP) is 2.62. The van der Waals surface area contributed by atoms with Crippen molar-refractivity contribution in [2.45, 2.75) is 18.8 Å². The Labute approximate surface area is 153 Å². The molecule has 1 saturated heterocycles. The van der Waals surface area contributed by atoms with Crippen LogP contribution in [0.4, 0.5) is 0 Å². The van der Waals surface area contributed by atoms with Crippen LogP contribution in [0.2, 0.25) is 0 Å². The molecular formula is C21H24N4O. The Morgan fingerprint density at radius 3 is 2.85 bits per heavy atom. The molecular weight excluding hydrogens is 324 g/mol. The molecule has 0 saturated carbocycles. The van der Waals surface area contributed by atoms with Crippen molar-refractivity contribution in [1.82, 2.24) is 20.2 Å². The Balaban J connectivity index is 1.43. The molecule has 0 radical (unpaired) electrons. The number of fused-ring (bicyclic) bond motifs is 1. The van der Waals surface area contributed by atoms with Gasteiger partial charge in [-0.25, -0.2) is 4.98 Å². The van der Waals surface area contributed by atoms with Crippen LogP contribution in [0.25, 0.3) is 11.0 Å². The first-order valence-corrected chi connectivity index (χ1v) is 9.22. The van der Waals surface area contributed by atoms with E-state index in [1.54, 1.807) is 0 Å². The maximum atomic E-state index is 12.7. The average Bonchev–Trinajstić information content (AvgIpc) is 3.31. The molecule has 0 bridgehead atoms. The van der Waals surface area contributed by atoms with Gasteiger partial charge in [-0.1, -0.05) is 30.3 Å². The minimum absolute atomic E-state index is 0.00580. The van der Waals surface area contributed by atoms with Crippen LogP contribution in [0.5, 0.6) is 0 Å². The lowest BCUT2D eigenvalue weighted by Crippen LogP contribution is -2.28. The highest BCUT2D eigenvalue weighted by Gasteiger charge is 2.21. The van der Waals surface area contributed by atoms with Gasteiger partial charge in [0.2, 0.25) is 0 Å². The van der Waals surface area contributed by atoms with Gasteiger partial charge in [-0.15, -0.1) is 0 Å². The van der Waals surface area contributed by atoms with Crippen molar-refractivity contribution in [3.8, 4) is 0 Å². The predicted molar refractivity (Wildman–Crippen MR) is 103 cm³/mol. The van der Waals surface area contributed by atoms with Crippen LogP contribution < -0.4 is 10.6 Å². The molecule has 134 valence electrons. The minimum Gasteiger partial charge on any atom is -0.352 e. The fraction of sp³-hybridized carbons (Fsp3) is 0.333. The van der Waals surface area contributed by atoms with Gasteiger partial charge in [-0.05, 0) is 42.6 Å². The number of amides is 1. The number of nitrogens with zero attached hydrogens (tertiary/aromatic N) is 2. The van der Waals surface area contributed by atoms with Crippen LogP contribution in [0.3, 0.4) is 0 Å². The molecule has 0 spiro atoms. The summed E-state index contributed by atoms with van der Waals surface area (Å²) in [6, 6.07) is 16.1. The Morgan fingerprint density at radius 1 is 1.23 bits per heavy atom. The molecule has 26 heavy (non-hydrogen) atoms. The number of benzene rings is 2. The number of aryl methyl sites for hydroxylation is 1. The van der Waals surface area contributed by atoms with Crippen LogP contribution >= 0.6 is 0 Å². The number of carbonyl (C=O) groups excluding carboxylic acids is 1. The highest BCUT2D eigenvalue weighted by atomic mass is 16.1. The van der Waals surface area contributed by atoms with Gasteiger partial charge >= 0.3 is 0 Å². The van der Waals surface area contributed by atoms with Crippen LogP contribution in [-0.2, 0) is 13.5 Å². The summed E-state index contributed by atoms with van der Waals surface area (Å²) < 4.78 is 2.10. The molecule has 1 aliphatic rings. The van der Waals surface area contributed by atoms with Gasteiger partial charge in [0.15, 0.2) is 0 Å². The molecule has 1 atom stereocenters. The second kappa shape index (κ2) is 7.30. The molecule has 2 aromatic carbocycles. The standard InChI is InChI=1S/C21H24N4O/c1-25-19-9-5-4-8-18(19)24-20(25)11-13-23-21(26)17-7-3-2-6-16(17)15-10-12-22-14-15/h2-9,15,22H,10-14H2,1H3,(H,23,26). The van der Waals surface area contributed by atoms with Gasteiger partial charge < -0.3 is 15.2 Å². The molecule has 4 rings (SSSR count). The molecule has 2 heterocycles. The first kappa shape index (κ1) is 16.8. The Bertz CT molecular complexity index is 925. The molecule has 1 fully saturated rings. The largest absolute Gasteiger partial charge is 0.352 e. The van der Waals surface area contributed by atoms with E-state index in [2.05, 4.69) is 32.3 Å². The van der Waals surface area contributed by atoms with E-state index in [1.165, 1.54) is 0 Å². The number of para-hydroxylation sites is 2. The molecule has 1 amide bonds. The number of nitrogens with one attached hydrogen (secondary N) is 2. The number of imidazole rings is 1. The van der Waals surface area contributed by atoms with Gasteiger partial charge in [-0.2, -0.15) is 0 Å². The van der Waals surface area contributed by atoms with E-state index in [0.717, 1.165) is 47.5 Å². The first-order chi connectivity index (χ1) is 12.7. The van der Waals surface area contributed by atoms with E-state index in [-0.39, 0.29) is 5.91 Å². The van der Waals surface area contributed by atoms with Gasteiger partial charge in [0, 0.05) is 32.1 Å². The third-order valence-corrected chi connectivity index (χ3v) is 5.22. The van der Waals surface area contributed by atoms with E-state index in [9.17, 15) is 4.79 Å². The zero-order chi connectivity index (χ0) is 17.9. The van der Waals surface area contributed by atoms with Crippen molar-refractivity contribution in [1.29, 1.82) is 0 Å². The number of rotatable bonds is 5. The van der Waals surface area contributed by atoms with Crippen LogP contribution in [0.15, 0.2) is 48.5 Å². The fourth-order valence-electron chi connectivity index (χ4n) is 3.78. The maximum Gasteiger partial charge on any atom is 0.251 e. The number of carbonyl (C=O) groups is 1. The van der Waals surface area contributed by atoms with Gasteiger partial charge in [0.25, 0.3) is 5.91 Å². The Hall–Kier alpha value is -2.66. The Kier molecular flexibility index (Phi) is 4.71. The second-order valence-corrected chi connectivity index (χ2v) is 6.86. The smallest absolute Gasteiger partial charge is 0.251 e. The zero-order valence-corrected chi connectivity index (χ0v) is 15.0. The number of hydrogen-bond donors (Lipinski definition) is 2. The van der Waals surface area contributed by atoms with Crippen LogP contribution in [-0.4, -0.2) is 35.1 Å². The summed E-state index contributed by atoms with van der Waals surface area (Å²) in [5.41, 5.74) is 4.06. The fourth-order valence-corrected chi connectivity index (χ4v) is 3.78. The van der Waals surface area contributed by atoms with Crippen molar-refractivity contribution in [2.75, 3.05) is 19.6 Å². The van der Waals surface area contributed by atoms with Crippen molar-refractivity contribution in [3.05, 3.63) is 65.5 Å². The van der Waals surface area contributed by atoms with Crippen LogP contribution in [0, 0.1) is 0 Å². The maximum absolute atomic E-state index is 12.7. The van der Waals surface area contributed by atoms with Crippen molar-refractivity contribution in [3.63, 3.8) is 0 Å². The molecule has 3 aromatic rings. The molecule has 1 aromatic heterocycles. The lowest BCUT2D eigenvalue weighted by Gasteiger charge is -2.14. The van der Waals surface area contributed by atoms with Gasteiger partial charge in [-0.3, -0.25) is 4.79 Å². The summed E-state index contributed by atoms with van der Waals surface area (Å²) in [5, 5.41) is 6.45. The molecule has 5 nitrogen and oxygen atoms in total. The van der Waals surface area contributed by atoms with Crippen molar-refractivity contribution < 1.29 is 4.79 Å². The van der Waals surface area contributed by atoms with Crippen LogP contribution in [0.1, 0.15) is 34.1 Å². The Morgan fingerprint density at radius 2 is 2.04 bits per heavy atom. The van der Waals surface area contributed by atoms with E-state index in [4.69, 9.17) is 0 Å². The highest BCUT2D eigenvalue weighted by molar-refractivity contribution is 5.95. The topological polar surface area (TPSA) is 59.0 Å². The minimum atomic E-state index is 0.00580. The summed E-state index contributed by atoms with van der Waals surface area (Å²) >= 11 is 0. The lowest BCUT2D eigenvalue weighted by atomic mass is 9.93. The van der Waals surface area contributed by atoms with E-state index >= 15 is 0 Å². The molecule has 1 unspecified atom stereocenters. The summed E-state index contributed by atoms with van der Waals surface area (Å²) in [5.74, 6) is 1.42. The van der Waals surface area contributed by atoms with Gasteiger partial charge in [0.05, 0.1) is 11.0 Å². The SMILES string of the molecule is Cn1c(CCNC(=O)c2ccccc2C2CCNC2)nc2ccccc21. The van der Waals surface area contributed by atoms with E-state index in [1.807, 2.05) is 43.4 Å². The summed E-state index contributed by atoms with van der Waals surface area (Å²) in [6.07, 6.45) is 1.80. The normalized spacial score (nSPS) is 16.9. The average molecular weight is 348 g/mol. The molecule has 0 aliphatic carbocycles.